The predicted molar refractivity (Wildman–Crippen MR) is 83.1 cm³/mol. The van der Waals surface area contributed by atoms with Crippen LogP contribution in [0.2, 0.25) is 0 Å². The fourth-order valence-electron chi connectivity index (χ4n) is 2.66. The fourth-order valence-corrected chi connectivity index (χ4v) is 3.49. The Bertz CT molecular complexity index is 466. The first-order chi connectivity index (χ1) is 9.74. The van der Waals surface area contributed by atoms with Crippen molar-refractivity contribution < 1.29 is 5.21 Å². The van der Waals surface area contributed by atoms with E-state index in [1.165, 1.54) is 25.7 Å². The van der Waals surface area contributed by atoms with Crippen LogP contribution in [0.25, 0.3) is 0 Å². The number of amidine groups is 1. The number of nitrogens with one attached hydrogen (secondary N) is 1. The molecule has 1 heterocycles. The van der Waals surface area contributed by atoms with E-state index >= 15 is 0 Å². The molecule has 2 atom stereocenters. The normalized spacial score (nSPS) is 23.8. The molecule has 0 bridgehead atoms. The van der Waals surface area contributed by atoms with E-state index in [1.54, 1.807) is 6.20 Å². The average molecular weight is 294 g/mol. The van der Waals surface area contributed by atoms with Gasteiger partial charge in [-0.05, 0) is 37.1 Å². The first-order valence-corrected chi connectivity index (χ1v) is 8.21. The number of nitrogens with zero attached hydrogens (tertiary/aromatic N) is 2. The third-order valence-electron chi connectivity index (χ3n) is 3.78. The molecule has 0 aromatic carbocycles. The Morgan fingerprint density at radius 3 is 3.20 bits per heavy atom. The van der Waals surface area contributed by atoms with Crippen molar-refractivity contribution in [3.05, 3.63) is 29.6 Å². The van der Waals surface area contributed by atoms with Crippen LogP contribution in [0.3, 0.4) is 0 Å². The predicted octanol–water partition coefficient (Wildman–Crippen LogP) is 1.94. The van der Waals surface area contributed by atoms with Gasteiger partial charge >= 0.3 is 0 Å². The standard InChI is InChI=1S/C14H22N4OS/c1-20-12-6-2-5-11(8-12)17-9-10-4-3-7-16-13(10)14(15)18-19/h3-4,7,11-12,17,19H,2,5-6,8-9H2,1H3,(H2,15,18). The third-order valence-corrected chi connectivity index (χ3v) is 4.88. The van der Waals surface area contributed by atoms with E-state index in [0.717, 1.165) is 10.8 Å². The number of nitrogens with two attached hydrogens (primary N) is 1. The van der Waals surface area contributed by atoms with E-state index in [2.05, 4.69) is 21.7 Å². The molecule has 1 aliphatic rings. The van der Waals surface area contributed by atoms with Crippen LogP contribution in [0.4, 0.5) is 0 Å². The van der Waals surface area contributed by atoms with Crippen molar-refractivity contribution in [1.29, 1.82) is 0 Å². The molecule has 2 rings (SSSR count). The minimum atomic E-state index is 0.0630. The summed E-state index contributed by atoms with van der Waals surface area (Å²) >= 11 is 1.96. The average Bonchev–Trinajstić information content (AvgIpc) is 2.52. The summed E-state index contributed by atoms with van der Waals surface area (Å²) in [4.78, 5) is 4.18. The summed E-state index contributed by atoms with van der Waals surface area (Å²) in [5, 5.41) is 16.2. The highest BCUT2D eigenvalue weighted by atomic mass is 32.2. The second-order valence-corrected chi connectivity index (χ2v) is 6.24. The van der Waals surface area contributed by atoms with Gasteiger partial charge in [0.25, 0.3) is 0 Å². The lowest BCUT2D eigenvalue weighted by Gasteiger charge is -2.29. The first-order valence-electron chi connectivity index (χ1n) is 6.92. The van der Waals surface area contributed by atoms with Crippen molar-refractivity contribution in [2.24, 2.45) is 10.9 Å². The molecule has 0 saturated heterocycles. The summed E-state index contributed by atoms with van der Waals surface area (Å²) in [7, 11) is 0. The lowest BCUT2D eigenvalue weighted by atomic mass is 9.94. The fraction of sp³-hybridized carbons (Fsp3) is 0.571. The Balaban J connectivity index is 1.97. The van der Waals surface area contributed by atoms with Gasteiger partial charge in [-0.15, -0.1) is 0 Å². The topological polar surface area (TPSA) is 83.5 Å². The van der Waals surface area contributed by atoms with Gasteiger partial charge in [-0.2, -0.15) is 11.8 Å². The lowest BCUT2D eigenvalue weighted by molar-refractivity contribution is 0.318. The second kappa shape index (κ2) is 7.50. The second-order valence-electron chi connectivity index (χ2n) is 5.10. The zero-order valence-electron chi connectivity index (χ0n) is 11.7. The molecule has 5 nitrogen and oxygen atoms in total. The number of pyridine rings is 1. The molecule has 110 valence electrons. The number of rotatable bonds is 5. The van der Waals surface area contributed by atoms with Gasteiger partial charge in [0.15, 0.2) is 5.84 Å². The van der Waals surface area contributed by atoms with Crippen molar-refractivity contribution in [3.63, 3.8) is 0 Å². The maximum atomic E-state index is 8.80. The molecule has 0 aliphatic heterocycles. The quantitative estimate of drug-likeness (QED) is 0.334. The van der Waals surface area contributed by atoms with Gasteiger partial charge in [-0.3, -0.25) is 4.98 Å². The summed E-state index contributed by atoms with van der Waals surface area (Å²) in [5.74, 6) is 0.0630. The highest BCUT2D eigenvalue weighted by Gasteiger charge is 2.21. The summed E-state index contributed by atoms with van der Waals surface area (Å²) in [6.45, 7) is 0.700. The molecule has 6 heteroatoms. The molecule has 2 unspecified atom stereocenters. The van der Waals surface area contributed by atoms with Gasteiger partial charge in [0.05, 0.1) is 0 Å². The summed E-state index contributed by atoms with van der Waals surface area (Å²) < 4.78 is 0. The highest BCUT2D eigenvalue weighted by molar-refractivity contribution is 7.99. The third kappa shape index (κ3) is 3.86. The molecular formula is C14H22N4OS. The Kier molecular flexibility index (Phi) is 5.67. The van der Waals surface area contributed by atoms with E-state index < -0.39 is 0 Å². The number of thioether (sulfide) groups is 1. The maximum absolute atomic E-state index is 8.80. The Morgan fingerprint density at radius 1 is 1.60 bits per heavy atom. The van der Waals surface area contributed by atoms with Crippen LogP contribution in [-0.2, 0) is 6.54 Å². The number of aromatic nitrogens is 1. The molecule has 1 aliphatic carbocycles. The maximum Gasteiger partial charge on any atom is 0.189 e. The van der Waals surface area contributed by atoms with Gasteiger partial charge in [-0.25, -0.2) is 0 Å². The van der Waals surface area contributed by atoms with Crippen LogP contribution in [-0.4, -0.2) is 33.6 Å². The lowest BCUT2D eigenvalue weighted by Crippen LogP contribution is -2.35. The molecule has 0 spiro atoms. The van der Waals surface area contributed by atoms with Gasteiger partial charge in [0, 0.05) is 24.0 Å². The SMILES string of the molecule is CSC1CCCC(NCc2cccnc2/C(N)=N/O)C1. The minimum absolute atomic E-state index is 0.0630. The molecule has 20 heavy (non-hydrogen) atoms. The molecule has 0 radical (unpaired) electrons. The minimum Gasteiger partial charge on any atom is -0.409 e. The molecule has 1 aromatic heterocycles. The molecule has 1 saturated carbocycles. The monoisotopic (exact) mass is 294 g/mol. The molecular weight excluding hydrogens is 272 g/mol. The number of hydrogen-bond donors (Lipinski definition) is 3. The van der Waals surface area contributed by atoms with Crippen molar-refractivity contribution in [1.82, 2.24) is 10.3 Å². The van der Waals surface area contributed by atoms with E-state index in [1.807, 2.05) is 23.9 Å². The molecule has 4 N–H and O–H groups in total. The summed E-state index contributed by atoms with van der Waals surface area (Å²) in [6.07, 6.45) is 8.87. The number of hydrogen-bond acceptors (Lipinski definition) is 5. The Morgan fingerprint density at radius 2 is 2.45 bits per heavy atom. The highest BCUT2D eigenvalue weighted by Crippen LogP contribution is 2.27. The number of oxime groups is 1. The zero-order chi connectivity index (χ0) is 14.4. The molecule has 1 aromatic rings. The van der Waals surface area contributed by atoms with E-state index in [-0.39, 0.29) is 5.84 Å². The van der Waals surface area contributed by atoms with Crippen LogP contribution < -0.4 is 11.1 Å². The van der Waals surface area contributed by atoms with E-state index in [0.29, 0.717) is 18.3 Å². The van der Waals surface area contributed by atoms with Crippen LogP contribution in [0.15, 0.2) is 23.5 Å². The Labute approximate surface area is 124 Å². The summed E-state index contributed by atoms with van der Waals surface area (Å²) in [6, 6.07) is 4.38. The van der Waals surface area contributed by atoms with Crippen LogP contribution >= 0.6 is 11.8 Å². The van der Waals surface area contributed by atoms with Gasteiger partial charge in [0.2, 0.25) is 0 Å². The van der Waals surface area contributed by atoms with Crippen molar-refractivity contribution in [2.45, 2.75) is 43.5 Å². The van der Waals surface area contributed by atoms with Crippen LogP contribution in [0, 0.1) is 0 Å². The van der Waals surface area contributed by atoms with Gasteiger partial charge in [-0.1, -0.05) is 17.6 Å². The van der Waals surface area contributed by atoms with E-state index in [9.17, 15) is 0 Å². The van der Waals surface area contributed by atoms with Gasteiger partial charge in [0.1, 0.15) is 5.69 Å². The Hall–Kier alpha value is -1.27. The van der Waals surface area contributed by atoms with Crippen molar-refractivity contribution >= 4 is 17.6 Å². The largest absolute Gasteiger partial charge is 0.409 e. The molecule has 0 amide bonds. The van der Waals surface area contributed by atoms with E-state index in [4.69, 9.17) is 10.9 Å². The smallest absolute Gasteiger partial charge is 0.189 e. The first kappa shape index (κ1) is 15.1. The summed E-state index contributed by atoms with van der Waals surface area (Å²) in [5.41, 5.74) is 7.18. The zero-order valence-corrected chi connectivity index (χ0v) is 12.6. The van der Waals surface area contributed by atoms with Crippen molar-refractivity contribution in [2.75, 3.05) is 6.26 Å². The molecule has 1 fully saturated rings. The van der Waals surface area contributed by atoms with Crippen molar-refractivity contribution in [3.8, 4) is 0 Å². The van der Waals surface area contributed by atoms with Gasteiger partial charge < -0.3 is 16.3 Å². The van der Waals surface area contributed by atoms with Crippen LogP contribution in [0.1, 0.15) is 36.9 Å². The van der Waals surface area contributed by atoms with Crippen LogP contribution in [0.5, 0.6) is 0 Å².